The van der Waals surface area contributed by atoms with Crippen LogP contribution >= 0.6 is 23.4 Å². The van der Waals surface area contributed by atoms with Crippen molar-refractivity contribution in [1.82, 2.24) is 16.0 Å². The topological polar surface area (TPSA) is 99.3 Å². The molecule has 30 heavy (non-hydrogen) atoms. The molecule has 0 saturated carbocycles. The smallest absolute Gasteiger partial charge is 0.353 e. The minimum atomic E-state index is -4.57. The lowest BCUT2D eigenvalue weighted by atomic mass is 10.1. The largest absolute Gasteiger partial charge is 0.416 e. The first-order valence-electron chi connectivity index (χ1n) is 8.79. The molecule has 1 saturated heterocycles. The number of hydrogen-bond acceptors (Lipinski definition) is 5. The minimum absolute atomic E-state index is 0.0314. The highest BCUT2D eigenvalue weighted by atomic mass is 35.5. The highest BCUT2D eigenvalue weighted by molar-refractivity contribution is 8.00. The molecule has 2 unspecified atom stereocenters. The second-order valence-electron chi connectivity index (χ2n) is 6.36. The monoisotopic (exact) mass is 464 g/mol. The van der Waals surface area contributed by atoms with E-state index in [1.165, 1.54) is 6.08 Å². The fourth-order valence-corrected chi connectivity index (χ4v) is 3.65. The maximum absolute atomic E-state index is 12.8. The Morgan fingerprint density at radius 2 is 2.07 bits per heavy atom. The standard InChI is InChI=1S/C18H20ClF3N4O3S/c1-2-5-23-14(27)7-11-8-15(28)26-17(24-11)30-9-16(29)25-13-6-10(18(20,21)22)3-4-12(13)19/h2-4,6,11,17,24H,1,5,7-9H2,(H,23,27)(H,25,29)(H,26,28). The third-order valence-electron chi connectivity index (χ3n) is 3.94. The summed E-state index contributed by atoms with van der Waals surface area (Å²) in [6.45, 7) is 3.81. The van der Waals surface area contributed by atoms with Crippen LogP contribution in [0.5, 0.6) is 0 Å². The molecule has 4 N–H and O–H groups in total. The van der Waals surface area contributed by atoms with Crippen LogP contribution in [0.3, 0.4) is 0 Å². The van der Waals surface area contributed by atoms with E-state index in [0.717, 1.165) is 30.0 Å². The Balaban J connectivity index is 1.88. The highest BCUT2D eigenvalue weighted by Gasteiger charge is 2.31. The van der Waals surface area contributed by atoms with Gasteiger partial charge in [-0.1, -0.05) is 17.7 Å². The third kappa shape index (κ3) is 7.54. The van der Waals surface area contributed by atoms with Crippen LogP contribution in [0.1, 0.15) is 18.4 Å². The Morgan fingerprint density at radius 3 is 2.73 bits per heavy atom. The van der Waals surface area contributed by atoms with Crippen LogP contribution in [0.25, 0.3) is 0 Å². The molecule has 0 spiro atoms. The van der Waals surface area contributed by atoms with Crippen LogP contribution in [0.2, 0.25) is 5.02 Å². The summed E-state index contributed by atoms with van der Waals surface area (Å²) < 4.78 is 38.5. The fraction of sp³-hybridized carbons (Fsp3) is 0.389. The molecule has 1 aliphatic rings. The molecule has 2 rings (SSSR count). The predicted molar refractivity (Wildman–Crippen MR) is 109 cm³/mol. The molecule has 1 aliphatic heterocycles. The van der Waals surface area contributed by atoms with Gasteiger partial charge in [-0.2, -0.15) is 13.2 Å². The van der Waals surface area contributed by atoms with Gasteiger partial charge in [0.25, 0.3) is 0 Å². The Hall–Kier alpha value is -2.24. The van der Waals surface area contributed by atoms with Gasteiger partial charge in [-0.3, -0.25) is 19.7 Å². The molecule has 12 heteroatoms. The number of thioether (sulfide) groups is 1. The normalized spacial score (nSPS) is 19.0. The first-order valence-corrected chi connectivity index (χ1v) is 10.2. The number of amides is 3. The molecular weight excluding hydrogens is 445 g/mol. The number of carbonyl (C=O) groups is 3. The van der Waals surface area contributed by atoms with Gasteiger partial charge in [0.2, 0.25) is 17.7 Å². The van der Waals surface area contributed by atoms with Crippen LogP contribution in [0.4, 0.5) is 18.9 Å². The lowest BCUT2D eigenvalue weighted by molar-refractivity contribution is -0.137. The Morgan fingerprint density at radius 1 is 1.33 bits per heavy atom. The number of carbonyl (C=O) groups excluding carboxylic acids is 3. The summed E-state index contributed by atoms with van der Waals surface area (Å²) in [6, 6.07) is 2.21. The number of nitrogens with one attached hydrogen (secondary N) is 4. The van der Waals surface area contributed by atoms with E-state index in [1.807, 2.05) is 0 Å². The molecule has 1 aromatic carbocycles. The van der Waals surface area contributed by atoms with Crippen LogP contribution in [-0.2, 0) is 20.6 Å². The Bertz CT molecular complexity index is 822. The molecule has 7 nitrogen and oxygen atoms in total. The lowest BCUT2D eigenvalue weighted by Gasteiger charge is -2.30. The first kappa shape index (κ1) is 24.0. The zero-order chi connectivity index (χ0) is 22.3. The molecule has 2 atom stereocenters. The maximum Gasteiger partial charge on any atom is 0.416 e. The van der Waals surface area contributed by atoms with Gasteiger partial charge in [0.05, 0.1) is 22.0 Å². The number of halogens is 4. The average Bonchev–Trinajstić information content (AvgIpc) is 2.65. The zero-order valence-corrected chi connectivity index (χ0v) is 17.2. The summed E-state index contributed by atoms with van der Waals surface area (Å²) in [7, 11) is 0. The van der Waals surface area contributed by atoms with Gasteiger partial charge in [0.15, 0.2) is 0 Å². The molecule has 0 aromatic heterocycles. The van der Waals surface area contributed by atoms with Gasteiger partial charge < -0.3 is 16.0 Å². The second kappa shape index (κ2) is 10.7. The van der Waals surface area contributed by atoms with Gasteiger partial charge in [-0.25, -0.2) is 0 Å². The van der Waals surface area contributed by atoms with E-state index in [0.29, 0.717) is 6.54 Å². The summed E-state index contributed by atoms with van der Waals surface area (Å²) >= 11 is 6.88. The van der Waals surface area contributed by atoms with Crippen molar-refractivity contribution >= 4 is 46.8 Å². The van der Waals surface area contributed by atoms with E-state index in [1.54, 1.807) is 0 Å². The van der Waals surface area contributed by atoms with E-state index in [-0.39, 0.29) is 41.1 Å². The maximum atomic E-state index is 12.8. The molecule has 1 fully saturated rings. The summed E-state index contributed by atoms with van der Waals surface area (Å²) in [6.07, 6.45) is -2.86. The van der Waals surface area contributed by atoms with E-state index in [9.17, 15) is 27.6 Å². The molecule has 3 amide bonds. The third-order valence-corrected chi connectivity index (χ3v) is 5.28. The highest BCUT2D eigenvalue weighted by Crippen LogP contribution is 2.33. The van der Waals surface area contributed by atoms with Gasteiger partial charge in [-0.05, 0) is 18.2 Å². The van der Waals surface area contributed by atoms with Crippen molar-refractivity contribution in [3.63, 3.8) is 0 Å². The van der Waals surface area contributed by atoms with Gasteiger partial charge >= 0.3 is 6.18 Å². The van der Waals surface area contributed by atoms with Gasteiger partial charge in [0, 0.05) is 25.4 Å². The van der Waals surface area contributed by atoms with Gasteiger partial charge in [-0.15, -0.1) is 18.3 Å². The van der Waals surface area contributed by atoms with Crippen LogP contribution in [0.15, 0.2) is 30.9 Å². The van der Waals surface area contributed by atoms with E-state index in [2.05, 4.69) is 27.8 Å². The second-order valence-corrected chi connectivity index (χ2v) is 7.86. The summed E-state index contributed by atoms with van der Waals surface area (Å²) in [4.78, 5) is 35.8. The van der Waals surface area contributed by atoms with Crippen molar-refractivity contribution in [1.29, 1.82) is 0 Å². The summed E-state index contributed by atoms with van der Waals surface area (Å²) in [5, 5.41) is 10.6. The van der Waals surface area contributed by atoms with E-state index in [4.69, 9.17) is 11.6 Å². The Labute approximate surface area is 180 Å². The van der Waals surface area contributed by atoms with Gasteiger partial charge in [0.1, 0.15) is 5.50 Å². The number of benzene rings is 1. The van der Waals surface area contributed by atoms with Crippen molar-refractivity contribution < 1.29 is 27.6 Å². The quantitative estimate of drug-likeness (QED) is 0.443. The van der Waals surface area contributed by atoms with Crippen molar-refractivity contribution in [3.05, 3.63) is 41.4 Å². The SMILES string of the molecule is C=CCNC(=O)CC1CC(=O)NC(SCC(=O)Nc2cc(C(F)(F)F)ccc2Cl)N1. The number of hydrogen-bond donors (Lipinski definition) is 4. The number of alkyl halides is 3. The minimum Gasteiger partial charge on any atom is -0.353 e. The van der Waals surface area contributed by atoms with E-state index >= 15 is 0 Å². The average molecular weight is 465 g/mol. The molecule has 0 bridgehead atoms. The molecule has 0 aliphatic carbocycles. The van der Waals surface area contributed by atoms with Crippen LogP contribution in [0, 0.1) is 0 Å². The molecule has 1 aromatic rings. The van der Waals surface area contributed by atoms with Crippen molar-refractivity contribution in [2.45, 2.75) is 30.6 Å². The van der Waals surface area contributed by atoms with Crippen molar-refractivity contribution in [2.24, 2.45) is 0 Å². The summed E-state index contributed by atoms with van der Waals surface area (Å²) in [5.41, 5.74) is -1.73. The molecule has 1 heterocycles. The van der Waals surface area contributed by atoms with Crippen LogP contribution < -0.4 is 21.3 Å². The Kier molecular flexibility index (Phi) is 8.56. The van der Waals surface area contributed by atoms with Crippen molar-refractivity contribution in [3.8, 4) is 0 Å². The fourth-order valence-electron chi connectivity index (χ4n) is 2.59. The first-order chi connectivity index (χ1) is 14.1. The summed E-state index contributed by atoms with van der Waals surface area (Å²) in [5.74, 6) is -1.29. The number of rotatable bonds is 8. The molecular formula is C18H20ClF3N4O3S. The van der Waals surface area contributed by atoms with Crippen LogP contribution in [-0.4, -0.2) is 41.6 Å². The zero-order valence-electron chi connectivity index (χ0n) is 15.6. The molecule has 164 valence electrons. The molecule has 0 radical (unpaired) electrons. The lowest BCUT2D eigenvalue weighted by Crippen LogP contribution is -2.56. The predicted octanol–water partition coefficient (Wildman–Crippen LogP) is 2.48. The number of anilines is 1. The van der Waals surface area contributed by atoms with E-state index < -0.39 is 29.2 Å². The van der Waals surface area contributed by atoms with Crippen molar-refractivity contribution in [2.75, 3.05) is 17.6 Å².